The van der Waals surface area contributed by atoms with Crippen molar-refractivity contribution in [3.05, 3.63) is 34.6 Å². The molecule has 0 unspecified atom stereocenters. The summed E-state index contributed by atoms with van der Waals surface area (Å²) in [5.74, 6) is -0.273. The Kier molecular flexibility index (Phi) is 3.42. The van der Waals surface area contributed by atoms with Gasteiger partial charge in [-0.1, -0.05) is 11.6 Å². The third kappa shape index (κ3) is 2.75. The van der Waals surface area contributed by atoms with Crippen molar-refractivity contribution in [2.24, 2.45) is 7.05 Å². The van der Waals surface area contributed by atoms with E-state index in [9.17, 15) is 4.79 Å². The highest BCUT2D eigenvalue weighted by molar-refractivity contribution is 6.33. The quantitative estimate of drug-likeness (QED) is 0.653. The number of anilines is 1. The molecule has 0 saturated carbocycles. The van der Waals surface area contributed by atoms with Gasteiger partial charge in [-0.05, 0) is 23.4 Å². The second kappa shape index (κ2) is 5.01. The van der Waals surface area contributed by atoms with Gasteiger partial charge in [0, 0.05) is 5.69 Å². The van der Waals surface area contributed by atoms with Crippen LogP contribution in [0.4, 0.5) is 5.69 Å². The number of benzene rings is 1. The van der Waals surface area contributed by atoms with Crippen LogP contribution >= 0.6 is 11.6 Å². The first-order valence-electron chi connectivity index (χ1n) is 5.01. The molecule has 0 aliphatic carbocycles. The molecule has 2 aromatic rings. The van der Waals surface area contributed by atoms with E-state index in [0.29, 0.717) is 11.5 Å². The van der Waals surface area contributed by atoms with Gasteiger partial charge in [-0.15, -0.1) is 10.2 Å². The molecule has 1 aromatic carbocycles. The van der Waals surface area contributed by atoms with E-state index in [4.69, 9.17) is 22.1 Å². The van der Waals surface area contributed by atoms with Gasteiger partial charge < -0.3 is 10.5 Å². The zero-order chi connectivity index (χ0) is 13.1. The lowest BCUT2D eigenvalue weighted by Crippen LogP contribution is -2.07. The van der Waals surface area contributed by atoms with Gasteiger partial charge >= 0.3 is 5.97 Å². The molecule has 1 aromatic heterocycles. The highest BCUT2D eigenvalue weighted by Crippen LogP contribution is 2.19. The van der Waals surface area contributed by atoms with E-state index in [1.165, 1.54) is 16.9 Å². The summed E-state index contributed by atoms with van der Waals surface area (Å²) in [5, 5.41) is 11.5. The largest absolute Gasteiger partial charge is 0.454 e. The van der Waals surface area contributed by atoms with Gasteiger partial charge in [0.2, 0.25) is 5.82 Å². The third-order valence-electron chi connectivity index (χ3n) is 2.09. The number of tetrazole rings is 1. The van der Waals surface area contributed by atoms with Crippen LogP contribution in [-0.4, -0.2) is 26.2 Å². The van der Waals surface area contributed by atoms with Crippen LogP contribution in [0.25, 0.3) is 0 Å². The summed E-state index contributed by atoms with van der Waals surface area (Å²) in [7, 11) is 1.62. The lowest BCUT2D eigenvalue weighted by Gasteiger charge is -2.04. The minimum atomic E-state index is -0.584. The standard InChI is InChI=1S/C10H10ClN5O2/c1-16-14-9(13-15-16)5-18-10(17)7-4-6(12)2-3-8(7)11/h2-4H,5,12H2,1H3. The topological polar surface area (TPSA) is 95.9 Å². The molecule has 0 bridgehead atoms. The average molecular weight is 268 g/mol. The third-order valence-corrected chi connectivity index (χ3v) is 2.42. The first-order chi connectivity index (χ1) is 8.56. The number of aryl methyl sites for hydroxylation is 1. The Labute approximate surface area is 107 Å². The van der Waals surface area contributed by atoms with Crippen LogP contribution in [0.2, 0.25) is 5.02 Å². The lowest BCUT2D eigenvalue weighted by atomic mass is 10.2. The number of hydrogen-bond acceptors (Lipinski definition) is 6. The van der Waals surface area contributed by atoms with Gasteiger partial charge in [0.15, 0.2) is 6.61 Å². The Bertz CT molecular complexity index is 583. The summed E-state index contributed by atoms with van der Waals surface area (Å²) in [6.07, 6.45) is 0. The van der Waals surface area contributed by atoms with E-state index in [2.05, 4.69) is 15.4 Å². The molecule has 0 saturated heterocycles. The van der Waals surface area contributed by atoms with Crippen molar-refractivity contribution in [1.82, 2.24) is 20.2 Å². The van der Waals surface area contributed by atoms with Crippen LogP contribution in [0.5, 0.6) is 0 Å². The van der Waals surface area contributed by atoms with Crippen molar-refractivity contribution >= 4 is 23.3 Å². The summed E-state index contributed by atoms with van der Waals surface area (Å²) in [5.41, 5.74) is 6.21. The molecule has 0 amide bonds. The van der Waals surface area contributed by atoms with E-state index in [0.717, 1.165) is 0 Å². The fourth-order valence-corrected chi connectivity index (χ4v) is 1.48. The Morgan fingerprint density at radius 3 is 3.00 bits per heavy atom. The summed E-state index contributed by atoms with van der Waals surface area (Å²) in [4.78, 5) is 13.0. The molecule has 2 rings (SSSR count). The number of carbonyl (C=O) groups is 1. The number of nitrogen functional groups attached to an aromatic ring is 1. The fourth-order valence-electron chi connectivity index (χ4n) is 1.29. The molecule has 0 aliphatic heterocycles. The molecule has 18 heavy (non-hydrogen) atoms. The average Bonchev–Trinajstić information content (AvgIpc) is 2.75. The molecule has 94 valence electrons. The Hall–Kier alpha value is -2.15. The summed E-state index contributed by atoms with van der Waals surface area (Å²) in [6.45, 7) is -0.0716. The number of carbonyl (C=O) groups excluding carboxylic acids is 1. The van der Waals surface area contributed by atoms with E-state index in [-0.39, 0.29) is 17.2 Å². The molecular weight excluding hydrogens is 258 g/mol. The van der Waals surface area contributed by atoms with Crippen molar-refractivity contribution < 1.29 is 9.53 Å². The number of nitrogens with two attached hydrogens (primary N) is 1. The predicted molar refractivity (Wildman–Crippen MR) is 63.8 cm³/mol. The van der Waals surface area contributed by atoms with E-state index in [1.54, 1.807) is 13.1 Å². The first-order valence-corrected chi connectivity index (χ1v) is 5.39. The minimum absolute atomic E-state index is 0.0716. The molecule has 2 N–H and O–H groups in total. The number of halogens is 1. The van der Waals surface area contributed by atoms with Gasteiger partial charge in [-0.25, -0.2) is 4.79 Å². The van der Waals surface area contributed by atoms with E-state index < -0.39 is 5.97 Å². The molecule has 1 heterocycles. The van der Waals surface area contributed by atoms with Gasteiger partial charge in [0.05, 0.1) is 17.6 Å². The number of esters is 1. The molecule has 8 heteroatoms. The second-order valence-corrected chi connectivity index (χ2v) is 3.92. The van der Waals surface area contributed by atoms with Crippen LogP contribution < -0.4 is 5.73 Å². The lowest BCUT2D eigenvalue weighted by molar-refractivity contribution is 0.0462. The van der Waals surface area contributed by atoms with Crippen molar-refractivity contribution in [2.45, 2.75) is 6.61 Å². The van der Waals surface area contributed by atoms with E-state index >= 15 is 0 Å². The molecule has 0 fully saturated rings. The summed E-state index contributed by atoms with van der Waals surface area (Å²) in [6, 6.07) is 4.59. The van der Waals surface area contributed by atoms with Crippen molar-refractivity contribution in [3.8, 4) is 0 Å². The van der Waals surface area contributed by atoms with Gasteiger partial charge in [0.1, 0.15) is 0 Å². The normalized spacial score (nSPS) is 10.3. The zero-order valence-electron chi connectivity index (χ0n) is 9.50. The second-order valence-electron chi connectivity index (χ2n) is 3.51. The van der Waals surface area contributed by atoms with Crippen LogP contribution in [0.1, 0.15) is 16.2 Å². The first kappa shape index (κ1) is 12.3. The maximum absolute atomic E-state index is 11.8. The monoisotopic (exact) mass is 267 g/mol. The van der Waals surface area contributed by atoms with Crippen molar-refractivity contribution in [2.75, 3.05) is 5.73 Å². The van der Waals surface area contributed by atoms with E-state index in [1.807, 2.05) is 0 Å². The highest BCUT2D eigenvalue weighted by Gasteiger charge is 2.13. The van der Waals surface area contributed by atoms with Gasteiger partial charge in [-0.3, -0.25) is 0 Å². The van der Waals surface area contributed by atoms with Crippen molar-refractivity contribution in [1.29, 1.82) is 0 Å². The van der Waals surface area contributed by atoms with Gasteiger partial charge in [0.25, 0.3) is 0 Å². The molecule has 7 nitrogen and oxygen atoms in total. The minimum Gasteiger partial charge on any atom is -0.454 e. The number of nitrogens with zero attached hydrogens (tertiary/aromatic N) is 4. The van der Waals surface area contributed by atoms with Crippen molar-refractivity contribution in [3.63, 3.8) is 0 Å². The Morgan fingerprint density at radius 1 is 1.56 bits per heavy atom. The summed E-state index contributed by atoms with van der Waals surface area (Å²) < 4.78 is 5.01. The van der Waals surface area contributed by atoms with Crippen LogP contribution in [0.15, 0.2) is 18.2 Å². The SMILES string of the molecule is Cn1nnc(COC(=O)c2cc(N)ccc2Cl)n1. The van der Waals surface area contributed by atoms with Crippen LogP contribution in [-0.2, 0) is 18.4 Å². The maximum atomic E-state index is 11.8. The molecule has 0 aliphatic rings. The fraction of sp³-hybridized carbons (Fsp3) is 0.200. The molecule has 0 atom stereocenters. The predicted octanol–water partition coefficient (Wildman–Crippen LogP) is 0.803. The Balaban J connectivity index is 2.05. The molecule has 0 radical (unpaired) electrons. The molecular formula is C10H10ClN5O2. The smallest absolute Gasteiger partial charge is 0.340 e. The number of rotatable bonds is 3. The number of hydrogen-bond donors (Lipinski definition) is 1. The molecule has 0 spiro atoms. The highest BCUT2D eigenvalue weighted by atomic mass is 35.5. The maximum Gasteiger partial charge on any atom is 0.340 e. The van der Waals surface area contributed by atoms with Crippen LogP contribution in [0.3, 0.4) is 0 Å². The number of aromatic nitrogens is 4. The Morgan fingerprint density at radius 2 is 2.33 bits per heavy atom. The summed E-state index contributed by atoms with van der Waals surface area (Å²) >= 11 is 5.87. The zero-order valence-corrected chi connectivity index (χ0v) is 10.3. The van der Waals surface area contributed by atoms with Crippen LogP contribution in [0, 0.1) is 0 Å². The van der Waals surface area contributed by atoms with Gasteiger partial charge in [-0.2, -0.15) is 4.80 Å². The number of ether oxygens (including phenoxy) is 1.